The molecule has 0 fully saturated rings. The van der Waals surface area contributed by atoms with Gasteiger partial charge < -0.3 is 14.6 Å². The van der Waals surface area contributed by atoms with Gasteiger partial charge in [-0.1, -0.05) is 73.7 Å². The Morgan fingerprint density at radius 1 is 0.731 bits per heavy atom. The lowest BCUT2D eigenvalue weighted by Crippen LogP contribution is -2.03. The molecule has 3 nitrogen and oxygen atoms in total. The molecular formula is C23H24O3. The largest absolute Gasteiger partial charge is 0.485 e. The molecule has 0 aliphatic carbocycles. The van der Waals surface area contributed by atoms with Gasteiger partial charge in [0.25, 0.3) is 0 Å². The maximum absolute atomic E-state index is 10.1. The first-order chi connectivity index (χ1) is 12.8. The van der Waals surface area contributed by atoms with Crippen molar-refractivity contribution in [1.82, 2.24) is 0 Å². The van der Waals surface area contributed by atoms with E-state index in [4.69, 9.17) is 9.47 Å². The Morgan fingerprint density at radius 3 is 1.81 bits per heavy atom. The van der Waals surface area contributed by atoms with E-state index in [1.54, 1.807) is 0 Å². The second-order valence-electron chi connectivity index (χ2n) is 6.18. The summed E-state index contributed by atoms with van der Waals surface area (Å²) < 4.78 is 12.0. The first-order valence-corrected chi connectivity index (χ1v) is 8.91. The molecule has 1 atom stereocenters. The van der Waals surface area contributed by atoms with Crippen LogP contribution in [-0.2, 0) is 13.2 Å². The highest BCUT2D eigenvalue weighted by Crippen LogP contribution is 2.32. The Labute approximate surface area is 154 Å². The van der Waals surface area contributed by atoms with E-state index in [0.717, 1.165) is 16.7 Å². The molecule has 3 heteroatoms. The smallest absolute Gasteiger partial charge is 0.162 e. The van der Waals surface area contributed by atoms with Gasteiger partial charge in [-0.3, -0.25) is 0 Å². The molecule has 0 spiro atoms. The maximum atomic E-state index is 10.1. The van der Waals surface area contributed by atoms with Crippen molar-refractivity contribution in [2.45, 2.75) is 32.7 Å². The van der Waals surface area contributed by atoms with E-state index >= 15 is 0 Å². The third-order valence-corrected chi connectivity index (χ3v) is 4.21. The summed E-state index contributed by atoms with van der Waals surface area (Å²) in [6.45, 7) is 2.88. The molecule has 26 heavy (non-hydrogen) atoms. The van der Waals surface area contributed by atoms with E-state index in [9.17, 15) is 5.11 Å². The fourth-order valence-corrected chi connectivity index (χ4v) is 2.67. The standard InChI is InChI=1S/C23H24O3/c1-2-21(24)20-13-14-22(25-16-18-9-5-3-6-10-18)23(15-20)26-17-19-11-7-4-8-12-19/h3-15,21,24H,2,16-17H2,1H3/t21-/m1/s1. The summed E-state index contributed by atoms with van der Waals surface area (Å²) in [5, 5.41) is 10.1. The average molecular weight is 348 g/mol. The minimum atomic E-state index is -0.503. The number of rotatable bonds is 8. The number of aliphatic hydroxyl groups is 1. The molecule has 0 bridgehead atoms. The molecule has 3 aromatic carbocycles. The highest BCUT2D eigenvalue weighted by Gasteiger charge is 2.12. The zero-order valence-corrected chi connectivity index (χ0v) is 15.0. The van der Waals surface area contributed by atoms with Crippen LogP contribution in [0, 0.1) is 0 Å². The van der Waals surface area contributed by atoms with E-state index in [1.807, 2.05) is 85.8 Å². The van der Waals surface area contributed by atoms with Crippen molar-refractivity contribution < 1.29 is 14.6 Å². The van der Waals surface area contributed by atoms with Gasteiger partial charge in [-0.15, -0.1) is 0 Å². The number of hydrogen-bond acceptors (Lipinski definition) is 3. The zero-order chi connectivity index (χ0) is 18.2. The molecule has 3 aromatic rings. The predicted molar refractivity (Wildman–Crippen MR) is 103 cm³/mol. The van der Waals surface area contributed by atoms with Crippen molar-refractivity contribution in [3.8, 4) is 11.5 Å². The van der Waals surface area contributed by atoms with Gasteiger partial charge in [-0.05, 0) is 35.2 Å². The monoisotopic (exact) mass is 348 g/mol. The third-order valence-electron chi connectivity index (χ3n) is 4.21. The Balaban J connectivity index is 1.77. The van der Waals surface area contributed by atoms with Crippen LogP contribution in [0.15, 0.2) is 78.9 Å². The van der Waals surface area contributed by atoms with Gasteiger partial charge in [0.05, 0.1) is 6.10 Å². The Morgan fingerprint density at radius 2 is 1.27 bits per heavy atom. The number of benzene rings is 3. The van der Waals surface area contributed by atoms with Gasteiger partial charge in [0, 0.05) is 0 Å². The fraction of sp³-hybridized carbons (Fsp3) is 0.217. The molecule has 0 unspecified atom stereocenters. The molecule has 0 aliphatic heterocycles. The molecule has 134 valence electrons. The highest BCUT2D eigenvalue weighted by molar-refractivity contribution is 5.44. The molecule has 0 saturated carbocycles. The van der Waals surface area contributed by atoms with E-state index in [-0.39, 0.29) is 0 Å². The van der Waals surface area contributed by atoms with Crippen molar-refractivity contribution in [2.24, 2.45) is 0 Å². The van der Waals surface area contributed by atoms with Crippen LogP contribution in [-0.4, -0.2) is 5.11 Å². The zero-order valence-electron chi connectivity index (χ0n) is 15.0. The number of ether oxygens (including phenoxy) is 2. The van der Waals surface area contributed by atoms with Crippen molar-refractivity contribution in [1.29, 1.82) is 0 Å². The molecule has 0 aliphatic rings. The van der Waals surface area contributed by atoms with Crippen LogP contribution in [0.3, 0.4) is 0 Å². The second-order valence-corrected chi connectivity index (χ2v) is 6.18. The normalized spacial score (nSPS) is 11.8. The van der Waals surface area contributed by atoms with E-state index in [1.165, 1.54) is 0 Å². The van der Waals surface area contributed by atoms with Crippen LogP contribution in [0.4, 0.5) is 0 Å². The lowest BCUT2D eigenvalue weighted by atomic mass is 10.1. The minimum Gasteiger partial charge on any atom is -0.485 e. The SMILES string of the molecule is CC[C@@H](O)c1ccc(OCc2ccccc2)c(OCc2ccccc2)c1. The molecule has 1 N–H and O–H groups in total. The van der Waals surface area contributed by atoms with E-state index < -0.39 is 6.10 Å². The Hall–Kier alpha value is -2.78. The molecule has 0 radical (unpaired) electrons. The fourth-order valence-electron chi connectivity index (χ4n) is 2.67. The minimum absolute atomic E-state index is 0.453. The van der Waals surface area contributed by atoms with Crippen molar-refractivity contribution >= 4 is 0 Å². The summed E-state index contributed by atoms with van der Waals surface area (Å²) in [6.07, 6.45) is 0.153. The summed E-state index contributed by atoms with van der Waals surface area (Å²) in [7, 11) is 0. The van der Waals surface area contributed by atoms with E-state index in [2.05, 4.69) is 0 Å². The van der Waals surface area contributed by atoms with Gasteiger partial charge in [0.15, 0.2) is 11.5 Å². The average Bonchev–Trinajstić information content (AvgIpc) is 2.72. The lowest BCUT2D eigenvalue weighted by molar-refractivity contribution is 0.172. The van der Waals surface area contributed by atoms with Gasteiger partial charge in [-0.2, -0.15) is 0 Å². The topological polar surface area (TPSA) is 38.7 Å². The van der Waals surface area contributed by atoms with Crippen molar-refractivity contribution in [3.05, 3.63) is 95.6 Å². The molecular weight excluding hydrogens is 324 g/mol. The van der Waals surface area contributed by atoms with Crippen LogP contribution in [0.25, 0.3) is 0 Å². The predicted octanol–water partition coefficient (Wildman–Crippen LogP) is 5.29. The maximum Gasteiger partial charge on any atom is 0.162 e. The molecule has 0 amide bonds. The summed E-state index contributed by atoms with van der Waals surface area (Å²) >= 11 is 0. The van der Waals surface area contributed by atoms with Crippen LogP contribution >= 0.6 is 0 Å². The quantitative estimate of drug-likeness (QED) is 0.601. The molecule has 0 aromatic heterocycles. The molecule has 0 heterocycles. The molecule has 3 rings (SSSR count). The van der Waals surface area contributed by atoms with Gasteiger partial charge >= 0.3 is 0 Å². The Kier molecular flexibility index (Phi) is 6.29. The van der Waals surface area contributed by atoms with Crippen molar-refractivity contribution in [2.75, 3.05) is 0 Å². The second kappa shape index (κ2) is 9.07. The Bertz CT molecular complexity index is 800. The molecule has 0 saturated heterocycles. The third kappa shape index (κ3) is 4.87. The summed E-state index contributed by atoms with van der Waals surface area (Å²) in [4.78, 5) is 0. The highest BCUT2D eigenvalue weighted by atomic mass is 16.5. The number of aliphatic hydroxyl groups excluding tert-OH is 1. The summed E-state index contributed by atoms with van der Waals surface area (Å²) in [5.74, 6) is 1.33. The van der Waals surface area contributed by atoms with Crippen molar-refractivity contribution in [3.63, 3.8) is 0 Å². The van der Waals surface area contributed by atoms with Crippen LogP contribution < -0.4 is 9.47 Å². The van der Waals surface area contributed by atoms with Crippen LogP contribution in [0.1, 0.15) is 36.1 Å². The summed E-state index contributed by atoms with van der Waals surface area (Å²) in [5.41, 5.74) is 3.02. The van der Waals surface area contributed by atoms with Crippen LogP contribution in [0.2, 0.25) is 0 Å². The van der Waals surface area contributed by atoms with Gasteiger partial charge in [0.2, 0.25) is 0 Å². The van der Waals surface area contributed by atoms with Gasteiger partial charge in [0.1, 0.15) is 13.2 Å². The number of hydrogen-bond donors (Lipinski definition) is 1. The first-order valence-electron chi connectivity index (χ1n) is 8.91. The van der Waals surface area contributed by atoms with Crippen LogP contribution in [0.5, 0.6) is 11.5 Å². The van der Waals surface area contributed by atoms with E-state index in [0.29, 0.717) is 31.1 Å². The van der Waals surface area contributed by atoms with Gasteiger partial charge in [-0.25, -0.2) is 0 Å². The lowest BCUT2D eigenvalue weighted by Gasteiger charge is -2.16. The first kappa shape index (κ1) is 18.0. The summed E-state index contributed by atoms with van der Waals surface area (Å²) in [6, 6.07) is 25.7.